The summed E-state index contributed by atoms with van der Waals surface area (Å²) in [7, 11) is 0. The summed E-state index contributed by atoms with van der Waals surface area (Å²) in [5.41, 5.74) is 4.16. The smallest absolute Gasteiger partial charge is 0.155 e. The van der Waals surface area contributed by atoms with Crippen molar-refractivity contribution in [3.8, 4) is 17.5 Å². The summed E-state index contributed by atoms with van der Waals surface area (Å²) in [6.45, 7) is 5.36. The third kappa shape index (κ3) is 5.90. The minimum Gasteiger partial charge on any atom is -0.489 e. The SMILES string of the molecule is C=C(CCCNSC)Nc1ccc2c(ccn2-c2cc(Cl)c(OCCCl)c(C#N)c2)c1. The monoisotopic (exact) mass is 474 g/mol. The molecule has 0 aliphatic rings. The average Bonchev–Trinajstić information content (AvgIpc) is 3.18. The molecule has 5 nitrogen and oxygen atoms in total. The molecule has 0 fully saturated rings. The number of nitrogens with one attached hydrogen (secondary N) is 2. The summed E-state index contributed by atoms with van der Waals surface area (Å²) in [6.07, 6.45) is 5.91. The second-order valence-electron chi connectivity index (χ2n) is 6.84. The molecule has 0 spiro atoms. The number of hydrogen-bond acceptors (Lipinski definition) is 5. The first-order valence-electron chi connectivity index (χ1n) is 9.82. The summed E-state index contributed by atoms with van der Waals surface area (Å²) in [6, 6.07) is 13.9. The van der Waals surface area contributed by atoms with Crippen molar-refractivity contribution in [3.63, 3.8) is 0 Å². The van der Waals surface area contributed by atoms with E-state index < -0.39 is 0 Å². The van der Waals surface area contributed by atoms with E-state index in [-0.39, 0.29) is 6.61 Å². The molecule has 31 heavy (non-hydrogen) atoms. The Balaban J connectivity index is 1.81. The number of nitrogens with zero attached hydrogens (tertiary/aromatic N) is 2. The first-order valence-corrected chi connectivity index (χ1v) is 12.0. The molecular weight excluding hydrogens is 451 g/mol. The lowest BCUT2D eigenvalue weighted by molar-refractivity contribution is 0.342. The number of allylic oxidation sites excluding steroid dienone is 1. The molecule has 0 amide bonds. The molecule has 8 heteroatoms. The summed E-state index contributed by atoms with van der Waals surface area (Å²) in [5, 5.41) is 14.4. The number of aromatic nitrogens is 1. The minimum absolute atomic E-state index is 0.289. The summed E-state index contributed by atoms with van der Waals surface area (Å²) < 4.78 is 10.8. The van der Waals surface area contributed by atoms with Crippen LogP contribution in [0.5, 0.6) is 5.75 Å². The Bertz CT molecular complexity index is 1110. The maximum atomic E-state index is 9.54. The molecule has 0 bridgehead atoms. The third-order valence-corrected chi connectivity index (χ3v) is 5.59. The van der Waals surface area contributed by atoms with E-state index in [0.29, 0.717) is 22.2 Å². The second-order valence-corrected chi connectivity index (χ2v) is 8.33. The summed E-state index contributed by atoms with van der Waals surface area (Å²) in [4.78, 5) is 0. The Morgan fingerprint density at radius 1 is 1.29 bits per heavy atom. The number of benzene rings is 2. The Morgan fingerprint density at radius 2 is 2.13 bits per heavy atom. The van der Waals surface area contributed by atoms with Gasteiger partial charge >= 0.3 is 0 Å². The van der Waals surface area contributed by atoms with Gasteiger partial charge in [-0.05, 0) is 55.5 Å². The van der Waals surface area contributed by atoms with E-state index in [4.69, 9.17) is 27.9 Å². The maximum absolute atomic E-state index is 9.54. The lowest BCUT2D eigenvalue weighted by Gasteiger charge is -2.13. The van der Waals surface area contributed by atoms with Gasteiger partial charge in [-0.2, -0.15) is 5.26 Å². The lowest BCUT2D eigenvalue weighted by atomic mass is 10.1. The van der Waals surface area contributed by atoms with E-state index in [1.807, 2.05) is 35.2 Å². The van der Waals surface area contributed by atoms with E-state index in [1.54, 1.807) is 24.1 Å². The van der Waals surface area contributed by atoms with E-state index in [2.05, 4.69) is 28.8 Å². The van der Waals surface area contributed by atoms with Crippen molar-refractivity contribution in [2.75, 3.05) is 30.6 Å². The minimum atomic E-state index is 0.289. The van der Waals surface area contributed by atoms with Gasteiger partial charge in [0.1, 0.15) is 12.7 Å². The number of halogens is 2. The lowest BCUT2D eigenvalue weighted by Crippen LogP contribution is -2.06. The van der Waals surface area contributed by atoms with Crippen LogP contribution in [0.2, 0.25) is 5.02 Å². The summed E-state index contributed by atoms with van der Waals surface area (Å²) >= 11 is 13.7. The molecule has 0 atom stereocenters. The highest BCUT2D eigenvalue weighted by Gasteiger charge is 2.13. The van der Waals surface area contributed by atoms with Gasteiger partial charge in [-0.15, -0.1) is 11.6 Å². The molecule has 0 saturated heterocycles. The fourth-order valence-corrected chi connectivity index (χ4v) is 3.97. The Hall–Kier alpha value is -2.30. The number of anilines is 1. The van der Waals surface area contributed by atoms with Crippen LogP contribution >= 0.6 is 35.1 Å². The maximum Gasteiger partial charge on any atom is 0.155 e. The van der Waals surface area contributed by atoms with Crippen LogP contribution in [0.25, 0.3) is 16.6 Å². The molecule has 0 radical (unpaired) electrons. The molecule has 1 aromatic heterocycles. The number of ether oxygens (including phenoxy) is 1. The Morgan fingerprint density at radius 3 is 2.87 bits per heavy atom. The van der Waals surface area contributed by atoms with Crippen LogP contribution in [0, 0.1) is 11.3 Å². The normalized spacial score (nSPS) is 10.8. The van der Waals surface area contributed by atoms with E-state index in [0.717, 1.165) is 47.4 Å². The first kappa shape index (κ1) is 23.4. The Labute approximate surface area is 197 Å². The average molecular weight is 475 g/mol. The molecule has 3 rings (SSSR count). The molecule has 1 heterocycles. The fourth-order valence-electron chi connectivity index (χ4n) is 3.28. The molecule has 3 aromatic rings. The fraction of sp³-hybridized carbons (Fsp3) is 0.261. The van der Waals surface area contributed by atoms with Gasteiger partial charge in [0.15, 0.2) is 5.75 Å². The van der Waals surface area contributed by atoms with Gasteiger partial charge in [-0.1, -0.05) is 30.1 Å². The van der Waals surface area contributed by atoms with Crippen LogP contribution < -0.4 is 14.8 Å². The van der Waals surface area contributed by atoms with Crippen molar-refractivity contribution in [2.45, 2.75) is 12.8 Å². The van der Waals surface area contributed by atoms with Crippen LogP contribution in [0.4, 0.5) is 5.69 Å². The molecule has 2 N–H and O–H groups in total. The van der Waals surface area contributed by atoms with Gasteiger partial charge < -0.3 is 14.6 Å². The van der Waals surface area contributed by atoms with Crippen molar-refractivity contribution in [1.29, 1.82) is 5.26 Å². The van der Waals surface area contributed by atoms with E-state index in [9.17, 15) is 5.26 Å². The van der Waals surface area contributed by atoms with Gasteiger partial charge in [0.2, 0.25) is 0 Å². The van der Waals surface area contributed by atoms with Crippen LogP contribution in [0.3, 0.4) is 0 Å². The Kier molecular flexibility index (Phi) is 8.56. The van der Waals surface area contributed by atoms with Crippen molar-refractivity contribution in [2.24, 2.45) is 0 Å². The first-order chi connectivity index (χ1) is 15.1. The second kappa shape index (κ2) is 11.4. The van der Waals surface area contributed by atoms with Crippen molar-refractivity contribution >= 4 is 51.7 Å². The molecule has 162 valence electrons. The highest BCUT2D eigenvalue weighted by atomic mass is 35.5. The third-order valence-electron chi connectivity index (χ3n) is 4.66. The van der Waals surface area contributed by atoms with Gasteiger partial charge in [0.05, 0.1) is 22.0 Å². The van der Waals surface area contributed by atoms with Gasteiger partial charge in [0.25, 0.3) is 0 Å². The predicted molar refractivity (Wildman–Crippen MR) is 133 cm³/mol. The number of hydrogen-bond donors (Lipinski definition) is 2. The topological polar surface area (TPSA) is 62.0 Å². The van der Waals surface area contributed by atoms with Crippen LogP contribution in [-0.4, -0.2) is 29.9 Å². The molecule has 0 aliphatic heterocycles. The number of alkyl halides is 1. The van der Waals surface area contributed by atoms with Crippen LogP contribution in [0.1, 0.15) is 18.4 Å². The van der Waals surface area contributed by atoms with Gasteiger partial charge in [0, 0.05) is 35.2 Å². The van der Waals surface area contributed by atoms with Gasteiger partial charge in [-0.3, -0.25) is 4.72 Å². The largest absolute Gasteiger partial charge is 0.489 e. The van der Waals surface area contributed by atoms with E-state index >= 15 is 0 Å². The molecular formula is C23H24Cl2N4OS. The summed E-state index contributed by atoms with van der Waals surface area (Å²) in [5.74, 6) is 0.686. The number of fused-ring (bicyclic) bond motifs is 1. The zero-order valence-electron chi connectivity index (χ0n) is 17.3. The van der Waals surface area contributed by atoms with Gasteiger partial charge in [-0.25, -0.2) is 0 Å². The van der Waals surface area contributed by atoms with Crippen molar-refractivity contribution in [3.05, 3.63) is 65.5 Å². The quantitative estimate of drug-likeness (QED) is 0.192. The molecule has 0 saturated carbocycles. The van der Waals surface area contributed by atoms with Crippen molar-refractivity contribution < 1.29 is 4.74 Å². The zero-order valence-corrected chi connectivity index (χ0v) is 19.6. The molecule has 0 unspecified atom stereocenters. The molecule has 0 aliphatic carbocycles. The van der Waals surface area contributed by atoms with E-state index in [1.165, 1.54) is 0 Å². The number of rotatable bonds is 11. The standard InChI is InChI=1S/C23H24Cl2N4OS/c1-16(4-3-9-27-31-2)28-19-5-6-22-17(12-19)7-10-29(22)20-13-18(15-26)23(21(25)14-20)30-11-8-24/h5-7,10,12-14,27-28H,1,3-4,8-9,11H2,2H3. The predicted octanol–water partition coefficient (Wildman–Crippen LogP) is 6.35. The highest BCUT2D eigenvalue weighted by Crippen LogP contribution is 2.33. The molecule has 2 aromatic carbocycles. The highest BCUT2D eigenvalue weighted by molar-refractivity contribution is 7.96. The van der Waals surface area contributed by atoms with Crippen LogP contribution in [-0.2, 0) is 0 Å². The van der Waals surface area contributed by atoms with Crippen molar-refractivity contribution in [1.82, 2.24) is 9.29 Å². The van der Waals surface area contributed by atoms with Crippen LogP contribution in [0.15, 0.2) is 54.9 Å². The zero-order chi connectivity index (χ0) is 22.2. The number of nitriles is 1.